The van der Waals surface area contributed by atoms with Gasteiger partial charge in [-0.2, -0.15) is 0 Å². The minimum atomic E-state index is -0.189. The largest absolute Gasteiger partial charge is 0.369 e. The molecule has 1 heterocycles. The molecule has 0 radical (unpaired) electrons. The zero-order valence-electron chi connectivity index (χ0n) is 11.5. The van der Waals surface area contributed by atoms with E-state index < -0.39 is 0 Å². The lowest BCUT2D eigenvalue weighted by atomic mass is 10.1. The van der Waals surface area contributed by atoms with E-state index in [-0.39, 0.29) is 11.9 Å². The Balaban J connectivity index is 2.49. The highest BCUT2D eigenvalue weighted by Gasteiger charge is 2.08. The number of hydrogen-bond acceptors (Lipinski definition) is 4. The van der Waals surface area contributed by atoms with E-state index in [2.05, 4.69) is 34.7 Å². The Labute approximate surface area is 108 Å². The second kappa shape index (κ2) is 6.93. The molecule has 0 atom stereocenters. The summed E-state index contributed by atoms with van der Waals surface area (Å²) in [5, 5.41) is 13.8. The Bertz CT molecular complexity index is 373. The Kier molecular flexibility index (Phi) is 5.55. The van der Waals surface area contributed by atoms with Gasteiger partial charge < -0.3 is 10.6 Å². The zero-order valence-corrected chi connectivity index (χ0v) is 11.5. The zero-order chi connectivity index (χ0) is 13.5. The van der Waals surface area contributed by atoms with Crippen molar-refractivity contribution in [2.75, 3.05) is 11.9 Å². The van der Waals surface area contributed by atoms with Gasteiger partial charge in [-0.3, -0.25) is 4.79 Å². The van der Waals surface area contributed by atoms with Crippen LogP contribution in [-0.4, -0.2) is 28.7 Å². The lowest BCUT2D eigenvalue weighted by Crippen LogP contribution is -2.30. The van der Waals surface area contributed by atoms with Gasteiger partial charge in [0, 0.05) is 12.6 Å². The third-order valence-corrected chi connectivity index (χ3v) is 2.34. The van der Waals surface area contributed by atoms with Crippen LogP contribution in [0.2, 0.25) is 0 Å². The molecule has 5 heteroatoms. The highest BCUT2D eigenvalue weighted by Crippen LogP contribution is 2.04. The molecule has 2 N–H and O–H groups in total. The number of hydrogen-bond donors (Lipinski definition) is 2. The molecule has 1 aromatic heterocycles. The van der Waals surface area contributed by atoms with E-state index in [4.69, 9.17) is 0 Å². The van der Waals surface area contributed by atoms with Gasteiger partial charge in [-0.15, -0.1) is 10.2 Å². The Morgan fingerprint density at radius 1 is 1.22 bits per heavy atom. The van der Waals surface area contributed by atoms with Crippen molar-refractivity contribution in [3.8, 4) is 0 Å². The van der Waals surface area contributed by atoms with Gasteiger partial charge in [-0.25, -0.2) is 0 Å². The number of nitrogens with zero attached hydrogens (tertiary/aromatic N) is 2. The third kappa shape index (κ3) is 5.12. The molecule has 0 aliphatic heterocycles. The molecule has 5 nitrogen and oxygen atoms in total. The summed E-state index contributed by atoms with van der Waals surface area (Å²) in [6.07, 6.45) is 1.08. The summed E-state index contributed by atoms with van der Waals surface area (Å²) in [6, 6.07) is 3.56. The van der Waals surface area contributed by atoms with Crippen LogP contribution in [0.25, 0.3) is 0 Å². The van der Waals surface area contributed by atoms with E-state index >= 15 is 0 Å². The van der Waals surface area contributed by atoms with Crippen LogP contribution in [0.1, 0.15) is 44.6 Å². The fraction of sp³-hybridized carbons (Fsp3) is 0.615. The van der Waals surface area contributed by atoms with Gasteiger partial charge in [0.1, 0.15) is 5.82 Å². The van der Waals surface area contributed by atoms with Crippen LogP contribution in [-0.2, 0) is 0 Å². The molecule has 0 fully saturated rings. The Morgan fingerprint density at radius 3 is 2.44 bits per heavy atom. The summed E-state index contributed by atoms with van der Waals surface area (Å²) >= 11 is 0. The second-order valence-electron chi connectivity index (χ2n) is 5.04. The minimum absolute atomic E-state index is 0.100. The summed E-state index contributed by atoms with van der Waals surface area (Å²) in [4.78, 5) is 11.6. The molecule has 0 unspecified atom stereocenters. The molecule has 1 aromatic rings. The lowest BCUT2D eigenvalue weighted by Gasteiger charge is -2.09. The highest BCUT2D eigenvalue weighted by atomic mass is 16.1. The van der Waals surface area contributed by atoms with E-state index in [1.165, 1.54) is 0 Å². The quantitative estimate of drug-likeness (QED) is 0.811. The number of aromatic nitrogens is 2. The van der Waals surface area contributed by atoms with Gasteiger partial charge >= 0.3 is 0 Å². The standard InChI is InChI=1S/C13H22N4O/c1-9(2)7-8-14-12-6-5-11(16-17-12)13(18)15-10(3)4/h5-6,9-10H,7-8H2,1-4H3,(H,14,17)(H,15,18). The molecule has 100 valence electrons. The monoisotopic (exact) mass is 250 g/mol. The third-order valence-electron chi connectivity index (χ3n) is 2.34. The Hall–Kier alpha value is -1.65. The van der Waals surface area contributed by atoms with Crippen LogP contribution in [0.3, 0.4) is 0 Å². The molecule has 0 saturated carbocycles. The first kappa shape index (κ1) is 14.4. The first-order valence-electron chi connectivity index (χ1n) is 6.37. The van der Waals surface area contributed by atoms with Crippen LogP contribution < -0.4 is 10.6 Å². The van der Waals surface area contributed by atoms with Crippen LogP contribution >= 0.6 is 0 Å². The van der Waals surface area contributed by atoms with Crippen molar-refractivity contribution in [3.05, 3.63) is 17.8 Å². The van der Waals surface area contributed by atoms with Crippen LogP contribution in [0.15, 0.2) is 12.1 Å². The van der Waals surface area contributed by atoms with Crippen molar-refractivity contribution in [3.63, 3.8) is 0 Å². The molecule has 18 heavy (non-hydrogen) atoms. The van der Waals surface area contributed by atoms with E-state index in [1.807, 2.05) is 13.8 Å². The van der Waals surface area contributed by atoms with E-state index in [0.717, 1.165) is 13.0 Å². The lowest BCUT2D eigenvalue weighted by molar-refractivity contribution is 0.0937. The first-order chi connectivity index (χ1) is 8.49. The van der Waals surface area contributed by atoms with Crippen LogP contribution in [0.5, 0.6) is 0 Å². The van der Waals surface area contributed by atoms with Crippen molar-refractivity contribution in [2.45, 2.75) is 40.2 Å². The second-order valence-corrected chi connectivity index (χ2v) is 5.04. The van der Waals surface area contributed by atoms with E-state index in [9.17, 15) is 4.79 Å². The molecule has 1 rings (SSSR count). The fourth-order valence-electron chi connectivity index (χ4n) is 1.37. The van der Waals surface area contributed by atoms with Gasteiger partial charge in [0.25, 0.3) is 5.91 Å². The van der Waals surface area contributed by atoms with Gasteiger partial charge in [0.15, 0.2) is 5.69 Å². The molecule has 0 aliphatic rings. The minimum Gasteiger partial charge on any atom is -0.369 e. The number of amides is 1. The summed E-state index contributed by atoms with van der Waals surface area (Å²) < 4.78 is 0. The van der Waals surface area contributed by atoms with Gasteiger partial charge in [0.05, 0.1) is 0 Å². The average molecular weight is 250 g/mol. The maximum absolute atomic E-state index is 11.6. The van der Waals surface area contributed by atoms with E-state index in [1.54, 1.807) is 12.1 Å². The van der Waals surface area contributed by atoms with Crippen molar-refractivity contribution in [2.24, 2.45) is 5.92 Å². The topological polar surface area (TPSA) is 66.9 Å². The number of carbonyl (C=O) groups excluding carboxylic acids is 1. The summed E-state index contributed by atoms with van der Waals surface area (Å²) in [6.45, 7) is 9.03. The highest BCUT2D eigenvalue weighted by molar-refractivity contribution is 5.92. The number of carbonyl (C=O) groups is 1. The number of nitrogens with one attached hydrogen (secondary N) is 2. The first-order valence-corrected chi connectivity index (χ1v) is 6.37. The molecule has 0 aliphatic carbocycles. The maximum Gasteiger partial charge on any atom is 0.271 e. The van der Waals surface area contributed by atoms with Crippen molar-refractivity contribution in [1.29, 1.82) is 0 Å². The summed E-state index contributed by atoms with van der Waals surface area (Å²) in [5.41, 5.74) is 0.345. The molecule has 1 amide bonds. The smallest absolute Gasteiger partial charge is 0.271 e. The van der Waals surface area contributed by atoms with Gasteiger partial charge in [-0.1, -0.05) is 13.8 Å². The normalized spacial score (nSPS) is 10.8. The predicted molar refractivity (Wildman–Crippen MR) is 72.6 cm³/mol. The molecule has 0 aromatic carbocycles. The van der Waals surface area contributed by atoms with Crippen molar-refractivity contribution in [1.82, 2.24) is 15.5 Å². The van der Waals surface area contributed by atoms with E-state index in [0.29, 0.717) is 17.4 Å². The molecule has 0 spiro atoms. The van der Waals surface area contributed by atoms with Crippen molar-refractivity contribution >= 4 is 11.7 Å². The molecular weight excluding hydrogens is 228 g/mol. The van der Waals surface area contributed by atoms with Gasteiger partial charge in [0.2, 0.25) is 0 Å². The predicted octanol–water partition coefficient (Wildman–Crippen LogP) is 2.07. The summed E-state index contributed by atoms with van der Waals surface area (Å²) in [5.74, 6) is 1.17. The summed E-state index contributed by atoms with van der Waals surface area (Å²) in [7, 11) is 0. The maximum atomic E-state index is 11.6. The number of rotatable bonds is 6. The van der Waals surface area contributed by atoms with Crippen LogP contribution in [0.4, 0.5) is 5.82 Å². The van der Waals surface area contributed by atoms with Crippen LogP contribution in [0, 0.1) is 5.92 Å². The average Bonchev–Trinajstić information content (AvgIpc) is 2.28. The van der Waals surface area contributed by atoms with Gasteiger partial charge in [-0.05, 0) is 38.3 Å². The number of anilines is 1. The molecule has 0 bridgehead atoms. The molecule has 0 saturated heterocycles. The molecular formula is C13H22N4O. The SMILES string of the molecule is CC(C)CCNc1ccc(C(=O)NC(C)C)nn1. The Morgan fingerprint density at radius 2 is 1.94 bits per heavy atom. The fourth-order valence-corrected chi connectivity index (χ4v) is 1.37. The van der Waals surface area contributed by atoms with Crippen molar-refractivity contribution < 1.29 is 4.79 Å².